The van der Waals surface area contributed by atoms with Crippen molar-refractivity contribution in [3.8, 4) is 0 Å². The molecule has 2 unspecified atom stereocenters. The van der Waals surface area contributed by atoms with Crippen LogP contribution in [0.3, 0.4) is 0 Å². The molecule has 0 spiro atoms. The lowest BCUT2D eigenvalue weighted by molar-refractivity contribution is 0.128. The van der Waals surface area contributed by atoms with Crippen molar-refractivity contribution in [1.29, 1.82) is 0 Å². The predicted molar refractivity (Wildman–Crippen MR) is 48.5 cm³/mol. The molecule has 0 aromatic heterocycles. The summed E-state index contributed by atoms with van der Waals surface area (Å²) in [5.74, 6) is 0.626. The first-order valence-corrected chi connectivity index (χ1v) is 4.55. The monoisotopic (exact) mass is 159 g/mol. The van der Waals surface area contributed by atoms with Gasteiger partial charge in [-0.1, -0.05) is 13.3 Å². The van der Waals surface area contributed by atoms with Crippen LogP contribution in [-0.2, 0) is 4.74 Å². The van der Waals surface area contributed by atoms with E-state index in [4.69, 9.17) is 10.5 Å². The summed E-state index contributed by atoms with van der Waals surface area (Å²) in [7, 11) is 0. The Hall–Kier alpha value is -0.0800. The van der Waals surface area contributed by atoms with Gasteiger partial charge in [0.15, 0.2) is 0 Å². The molecule has 0 radical (unpaired) electrons. The molecule has 0 saturated heterocycles. The number of hydrogen-bond donors (Lipinski definition) is 1. The van der Waals surface area contributed by atoms with Gasteiger partial charge in [0.1, 0.15) is 0 Å². The Balaban J connectivity index is 3.36. The lowest BCUT2D eigenvalue weighted by Gasteiger charge is -2.18. The van der Waals surface area contributed by atoms with Crippen molar-refractivity contribution in [2.24, 2.45) is 11.7 Å². The Morgan fingerprint density at radius 1 is 1.36 bits per heavy atom. The minimum atomic E-state index is 0.306. The van der Waals surface area contributed by atoms with Crippen LogP contribution in [0, 0.1) is 5.92 Å². The molecule has 0 aliphatic heterocycles. The van der Waals surface area contributed by atoms with Crippen molar-refractivity contribution in [2.45, 2.75) is 39.7 Å². The van der Waals surface area contributed by atoms with E-state index in [1.807, 2.05) is 6.92 Å². The SMILES string of the molecule is CCOCCC(CC)C(C)N. The Morgan fingerprint density at radius 3 is 2.36 bits per heavy atom. The summed E-state index contributed by atoms with van der Waals surface area (Å²) in [4.78, 5) is 0. The number of hydrogen-bond acceptors (Lipinski definition) is 2. The highest BCUT2D eigenvalue weighted by Gasteiger charge is 2.10. The van der Waals surface area contributed by atoms with E-state index in [9.17, 15) is 0 Å². The first-order chi connectivity index (χ1) is 5.22. The molecule has 0 amide bonds. The fourth-order valence-electron chi connectivity index (χ4n) is 1.22. The van der Waals surface area contributed by atoms with Crippen LogP contribution in [0.15, 0.2) is 0 Å². The van der Waals surface area contributed by atoms with Crippen molar-refractivity contribution in [3.05, 3.63) is 0 Å². The standard InChI is InChI=1S/C9H21NO/c1-4-9(8(3)10)6-7-11-5-2/h8-9H,4-7,10H2,1-3H3. The van der Waals surface area contributed by atoms with Crippen LogP contribution in [0.25, 0.3) is 0 Å². The third-order valence-corrected chi connectivity index (χ3v) is 2.11. The highest BCUT2D eigenvalue weighted by molar-refractivity contribution is 4.66. The summed E-state index contributed by atoms with van der Waals surface area (Å²) in [6.45, 7) is 7.94. The van der Waals surface area contributed by atoms with E-state index in [1.54, 1.807) is 0 Å². The second kappa shape index (κ2) is 6.62. The quantitative estimate of drug-likeness (QED) is 0.600. The molecule has 2 atom stereocenters. The highest BCUT2D eigenvalue weighted by Crippen LogP contribution is 2.11. The van der Waals surface area contributed by atoms with Crippen molar-refractivity contribution >= 4 is 0 Å². The van der Waals surface area contributed by atoms with Gasteiger partial charge in [0.25, 0.3) is 0 Å². The predicted octanol–water partition coefficient (Wildman–Crippen LogP) is 1.79. The number of nitrogens with two attached hydrogens (primary N) is 1. The molecule has 0 aromatic carbocycles. The molecule has 0 bridgehead atoms. The van der Waals surface area contributed by atoms with E-state index in [2.05, 4.69) is 13.8 Å². The van der Waals surface area contributed by atoms with Gasteiger partial charge < -0.3 is 10.5 Å². The van der Waals surface area contributed by atoms with E-state index in [-0.39, 0.29) is 0 Å². The number of rotatable bonds is 6. The normalized spacial score (nSPS) is 16.4. The fraction of sp³-hybridized carbons (Fsp3) is 1.00. The minimum Gasteiger partial charge on any atom is -0.382 e. The van der Waals surface area contributed by atoms with Gasteiger partial charge in [0.05, 0.1) is 0 Å². The Bertz CT molecular complexity index is 83.6. The zero-order valence-electron chi connectivity index (χ0n) is 7.97. The first-order valence-electron chi connectivity index (χ1n) is 4.55. The van der Waals surface area contributed by atoms with Gasteiger partial charge in [-0.15, -0.1) is 0 Å². The van der Waals surface area contributed by atoms with Gasteiger partial charge in [0, 0.05) is 19.3 Å². The van der Waals surface area contributed by atoms with Crippen molar-refractivity contribution in [3.63, 3.8) is 0 Å². The minimum absolute atomic E-state index is 0.306. The van der Waals surface area contributed by atoms with E-state index >= 15 is 0 Å². The summed E-state index contributed by atoms with van der Waals surface area (Å²) >= 11 is 0. The maximum atomic E-state index is 5.77. The first kappa shape index (κ1) is 10.9. The lowest BCUT2D eigenvalue weighted by atomic mass is 9.96. The maximum absolute atomic E-state index is 5.77. The molecule has 2 N–H and O–H groups in total. The van der Waals surface area contributed by atoms with Crippen LogP contribution >= 0.6 is 0 Å². The second-order valence-electron chi connectivity index (χ2n) is 3.01. The van der Waals surface area contributed by atoms with Gasteiger partial charge in [-0.05, 0) is 26.2 Å². The molecular formula is C9H21NO. The zero-order chi connectivity index (χ0) is 8.69. The average Bonchev–Trinajstić information content (AvgIpc) is 1.97. The van der Waals surface area contributed by atoms with Crippen LogP contribution in [0.2, 0.25) is 0 Å². The average molecular weight is 159 g/mol. The van der Waals surface area contributed by atoms with E-state index in [0.717, 1.165) is 26.1 Å². The molecule has 0 saturated carbocycles. The van der Waals surface area contributed by atoms with Gasteiger partial charge in [-0.25, -0.2) is 0 Å². The van der Waals surface area contributed by atoms with Crippen LogP contribution in [0.5, 0.6) is 0 Å². The van der Waals surface area contributed by atoms with Gasteiger partial charge >= 0.3 is 0 Å². The zero-order valence-corrected chi connectivity index (χ0v) is 7.97. The summed E-state index contributed by atoms with van der Waals surface area (Å²) in [6, 6.07) is 0.306. The molecule has 2 nitrogen and oxygen atoms in total. The van der Waals surface area contributed by atoms with E-state index in [1.165, 1.54) is 0 Å². The molecule has 0 aliphatic carbocycles. The maximum Gasteiger partial charge on any atom is 0.0469 e. The molecule has 68 valence electrons. The molecule has 2 heteroatoms. The van der Waals surface area contributed by atoms with Gasteiger partial charge in [-0.3, -0.25) is 0 Å². The van der Waals surface area contributed by atoms with Crippen LogP contribution in [-0.4, -0.2) is 19.3 Å². The molecule has 0 aromatic rings. The Labute approximate surface area is 70.1 Å². The topological polar surface area (TPSA) is 35.2 Å². The highest BCUT2D eigenvalue weighted by atomic mass is 16.5. The van der Waals surface area contributed by atoms with Crippen LogP contribution in [0.4, 0.5) is 0 Å². The largest absolute Gasteiger partial charge is 0.382 e. The molecule has 0 rings (SSSR count). The number of ether oxygens (including phenoxy) is 1. The molecule has 11 heavy (non-hydrogen) atoms. The van der Waals surface area contributed by atoms with Gasteiger partial charge in [-0.2, -0.15) is 0 Å². The van der Waals surface area contributed by atoms with Crippen LogP contribution < -0.4 is 5.73 Å². The third kappa shape index (κ3) is 5.22. The Kier molecular flexibility index (Phi) is 6.57. The van der Waals surface area contributed by atoms with Crippen molar-refractivity contribution < 1.29 is 4.74 Å². The van der Waals surface area contributed by atoms with E-state index < -0.39 is 0 Å². The molecule has 0 fully saturated rings. The summed E-state index contributed by atoms with van der Waals surface area (Å²) < 4.78 is 5.26. The molecular weight excluding hydrogens is 138 g/mol. The molecule has 0 aliphatic rings. The smallest absolute Gasteiger partial charge is 0.0469 e. The van der Waals surface area contributed by atoms with Crippen LogP contribution in [0.1, 0.15) is 33.6 Å². The van der Waals surface area contributed by atoms with Gasteiger partial charge in [0.2, 0.25) is 0 Å². The lowest BCUT2D eigenvalue weighted by Crippen LogP contribution is -2.27. The summed E-state index contributed by atoms with van der Waals surface area (Å²) in [5.41, 5.74) is 5.77. The molecule has 0 heterocycles. The van der Waals surface area contributed by atoms with Crippen molar-refractivity contribution in [2.75, 3.05) is 13.2 Å². The summed E-state index contributed by atoms with van der Waals surface area (Å²) in [5, 5.41) is 0. The Morgan fingerprint density at radius 2 is 2.00 bits per heavy atom. The summed E-state index contributed by atoms with van der Waals surface area (Å²) in [6.07, 6.45) is 2.26. The third-order valence-electron chi connectivity index (χ3n) is 2.11. The van der Waals surface area contributed by atoms with Crippen molar-refractivity contribution in [1.82, 2.24) is 0 Å². The fourth-order valence-corrected chi connectivity index (χ4v) is 1.22. The second-order valence-corrected chi connectivity index (χ2v) is 3.01. The van der Waals surface area contributed by atoms with E-state index in [0.29, 0.717) is 12.0 Å².